The predicted molar refractivity (Wildman–Crippen MR) is 75.0 cm³/mol. The zero-order valence-electron chi connectivity index (χ0n) is 10.7. The van der Waals surface area contributed by atoms with Gasteiger partial charge in [0.2, 0.25) is 10.0 Å². The molecule has 4 nitrogen and oxygen atoms in total. The van der Waals surface area contributed by atoms with Crippen molar-refractivity contribution < 1.29 is 8.42 Å². The number of nitrogens with one attached hydrogen (secondary N) is 1. The molecule has 2 rings (SSSR count). The molecule has 1 aliphatic carbocycles. The summed E-state index contributed by atoms with van der Waals surface area (Å²) < 4.78 is 27.5. The summed E-state index contributed by atoms with van der Waals surface area (Å²) in [6.07, 6.45) is 4.00. The summed E-state index contributed by atoms with van der Waals surface area (Å²) >= 11 is 0. The molecule has 0 atom stereocenters. The third-order valence-corrected chi connectivity index (χ3v) is 4.76. The molecule has 0 spiro atoms. The van der Waals surface area contributed by atoms with Gasteiger partial charge in [-0.1, -0.05) is 36.8 Å². The van der Waals surface area contributed by atoms with Gasteiger partial charge >= 0.3 is 0 Å². The van der Waals surface area contributed by atoms with Gasteiger partial charge in [-0.3, -0.25) is 0 Å². The average Bonchev–Trinajstić information content (AvgIpc) is 2.88. The van der Waals surface area contributed by atoms with Crippen molar-refractivity contribution in [2.24, 2.45) is 5.73 Å². The molecule has 1 aromatic carbocycles. The molecule has 0 unspecified atom stereocenters. The molecule has 0 radical (unpaired) electrons. The lowest BCUT2D eigenvalue weighted by Crippen LogP contribution is -2.33. The van der Waals surface area contributed by atoms with E-state index in [-0.39, 0.29) is 17.5 Å². The van der Waals surface area contributed by atoms with Crippen LogP contribution in [0, 0.1) is 11.8 Å². The van der Waals surface area contributed by atoms with Crippen molar-refractivity contribution in [1.82, 2.24) is 4.72 Å². The van der Waals surface area contributed by atoms with Crippen molar-refractivity contribution in [3.63, 3.8) is 0 Å². The zero-order valence-corrected chi connectivity index (χ0v) is 11.5. The maximum atomic E-state index is 12.4. The Labute approximate surface area is 114 Å². The van der Waals surface area contributed by atoms with Crippen LogP contribution in [0.1, 0.15) is 31.2 Å². The van der Waals surface area contributed by atoms with E-state index in [1.165, 1.54) is 0 Å². The molecule has 0 aromatic heterocycles. The summed E-state index contributed by atoms with van der Waals surface area (Å²) in [5, 5.41) is 0. The number of sulfonamides is 1. The van der Waals surface area contributed by atoms with Crippen LogP contribution in [0.5, 0.6) is 0 Å². The summed E-state index contributed by atoms with van der Waals surface area (Å²) in [7, 11) is -3.50. The molecule has 1 aliphatic rings. The number of nitrogens with two attached hydrogens (primary N) is 1. The van der Waals surface area contributed by atoms with E-state index in [0.29, 0.717) is 5.56 Å². The van der Waals surface area contributed by atoms with E-state index in [1.807, 2.05) is 0 Å². The Morgan fingerprint density at radius 1 is 1.26 bits per heavy atom. The molecular formula is C14H18N2O2S. The van der Waals surface area contributed by atoms with Crippen molar-refractivity contribution in [2.45, 2.75) is 36.6 Å². The van der Waals surface area contributed by atoms with Crippen molar-refractivity contribution >= 4 is 10.0 Å². The molecule has 1 fully saturated rings. The van der Waals surface area contributed by atoms with Crippen LogP contribution in [0.4, 0.5) is 0 Å². The smallest absolute Gasteiger partial charge is 0.242 e. The first-order valence-corrected chi connectivity index (χ1v) is 7.92. The minimum atomic E-state index is -3.50. The summed E-state index contributed by atoms with van der Waals surface area (Å²) in [5.41, 5.74) is 5.83. The highest BCUT2D eigenvalue weighted by atomic mass is 32.2. The van der Waals surface area contributed by atoms with Gasteiger partial charge in [0.15, 0.2) is 0 Å². The highest BCUT2D eigenvalue weighted by Crippen LogP contribution is 2.21. The molecule has 1 saturated carbocycles. The number of hydrogen-bond acceptors (Lipinski definition) is 3. The molecule has 102 valence electrons. The van der Waals surface area contributed by atoms with Gasteiger partial charge in [0, 0.05) is 11.6 Å². The molecular weight excluding hydrogens is 260 g/mol. The maximum Gasteiger partial charge on any atom is 0.242 e. The number of benzene rings is 1. The minimum Gasteiger partial charge on any atom is -0.320 e. The maximum absolute atomic E-state index is 12.4. The molecule has 1 aromatic rings. The Morgan fingerprint density at radius 2 is 1.95 bits per heavy atom. The molecule has 0 amide bonds. The normalized spacial score (nSPS) is 16.1. The van der Waals surface area contributed by atoms with Gasteiger partial charge in [0.1, 0.15) is 0 Å². The van der Waals surface area contributed by atoms with Crippen molar-refractivity contribution in [3.8, 4) is 11.8 Å². The fraction of sp³-hybridized carbons (Fsp3) is 0.429. The monoisotopic (exact) mass is 278 g/mol. The zero-order chi connectivity index (χ0) is 13.7. The molecule has 0 saturated heterocycles. The van der Waals surface area contributed by atoms with E-state index < -0.39 is 10.0 Å². The summed E-state index contributed by atoms with van der Waals surface area (Å²) in [6.45, 7) is 0.213. The SMILES string of the molecule is NCC#Cc1ccccc1S(=O)(=O)NC1CCCC1. The average molecular weight is 278 g/mol. The topological polar surface area (TPSA) is 72.2 Å². The predicted octanol–water partition coefficient (Wildman–Crippen LogP) is 1.22. The van der Waals surface area contributed by atoms with Crippen molar-refractivity contribution in [3.05, 3.63) is 29.8 Å². The lowest BCUT2D eigenvalue weighted by molar-refractivity contribution is 0.552. The summed E-state index contributed by atoms with van der Waals surface area (Å²) in [5.74, 6) is 5.51. The van der Waals surface area contributed by atoms with Gasteiger partial charge < -0.3 is 5.73 Å². The fourth-order valence-corrected chi connectivity index (χ4v) is 3.74. The van der Waals surface area contributed by atoms with Gasteiger partial charge in [0.05, 0.1) is 11.4 Å². The lowest BCUT2D eigenvalue weighted by Gasteiger charge is -2.13. The second-order valence-electron chi connectivity index (χ2n) is 4.60. The Balaban J connectivity index is 2.28. The van der Waals surface area contributed by atoms with E-state index in [2.05, 4.69) is 16.6 Å². The minimum absolute atomic E-state index is 0.0560. The van der Waals surface area contributed by atoms with Gasteiger partial charge in [-0.2, -0.15) is 0 Å². The van der Waals surface area contributed by atoms with Crippen molar-refractivity contribution in [2.75, 3.05) is 6.54 Å². The van der Waals surface area contributed by atoms with E-state index in [1.54, 1.807) is 24.3 Å². The number of rotatable bonds is 3. The van der Waals surface area contributed by atoms with Crippen LogP contribution < -0.4 is 10.5 Å². The van der Waals surface area contributed by atoms with Crippen molar-refractivity contribution in [1.29, 1.82) is 0 Å². The van der Waals surface area contributed by atoms with Gasteiger partial charge in [-0.25, -0.2) is 13.1 Å². The molecule has 0 aliphatic heterocycles. The number of hydrogen-bond donors (Lipinski definition) is 2. The lowest BCUT2D eigenvalue weighted by atomic mass is 10.2. The molecule has 0 heterocycles. The largest absolute Gasteiger partial charge is 0.320 e. The Kier molecular flexibility index (Phi) is 4.59. The van der Waals surface area contributed by atoms with Crippen LogP contribution in [0.3, 0.4) is 0 Å². The second kappa shape index (κ2) is 6.20. The van der Waals surface area contributed by atoms with Crippen LogP contribution in [0.2, 0.25) is 0 Å². The Hall–Kier alpha value is -1.35. The first-order valence-electron chi connectivity index (χ1n) is 6.44. The van der Waals surface area contributed by atoms with E-state index in [0.717, 1.165) is 25.7 Å². The first-order chi connectivity index (χ1) is 9.13. The van der Waals surface area contributed by atoms with E-state index >= 15 is 0 Å². The standard InChI is InChI=1S/C14H18N2O2S/c15-11-5-7-12-6-1-4-10-14(12)19(17,18)16-13-8-2-3-9-13/h1,4,6,10,13,16H,2-3,8-9,11,15H2. The fourth-order valence-electron chi connectivity index (χ4n) is 2.28. The van der Waals surface area contributed by atoms with E-state index in [4.69, 9.17) is 5.73 Å². The van der Waals surface area contributed by atoms with Crippen LogP contribution >= 0.6 is 0 Å². The van der Waals surface area contributed by atoms with Crippen LogP contribution in [0.15, 0.2) is 29.2 Å². The highest BCUT2D eigenvalue weighted by molar-refractivity contribution is 7.89. The summed E-state index contributed by atoms with van der Waals surface area (Å²) in [4.78, 5) is 0.239. The summed E-state index contributed by atoms with van der Waals surface area (Å²) in [6, 6.07) is 6.82. The molecule has 19 heavy (non-hydrogen) atoms. The van der Waals surface area contributed by atoms with Crippen LogP contribution in [-0.4, -0.2) is 21.0 Å². The third-order valence-electron chi connectivity index (χ3n) is 3.18. The molecule has 5 heteroatoms. The quantitative estimate of drug-likeness (QED) is 0.817. The van der Waals surface area contributed by atoms with Gasteiger partial charge in [0.25, 0.3) is 0 Å². The van der Waals surface area contributed by atoms with Gasteiger partial charge in [-0.05, 0) is 25.0 Å². The second-order valence-corrected chi connectivity index (χ2v) is 6.29. The van der Waals surface area contributed by atoms with Gasteiger partial charge in [-0.15, -0.1) is 0 Å². The Bertz CT molecular complexity index is 593. The molecule has 0 bridgehead atoms. The third kappa shape index (κ3) is 3.57. The molecule has 3 N–H and O–H groups in total. The highest BCUT2D eigenvalue weighted by Gasteiger charge is 2.24. The van der Waals surface area contributed by atoms with Crippen LogP contribution in [-0.2, 0) is 10.0 Å². The Morgan fingerprint density at radius 3 is 2.63 bits per heavy atom. The first kappa shape index (κ1) is 14.1. The van der Waals surface area contributed by atoms with E-state index in [9.17, 15) is 8.42 Å². The van der Waals surface area contributed by atoms with Crippen LogP contribution in [0.25, 0.3) is 0 Å².